The predicted octanol–water partition coefficient (Wildman–Crippen LogP) is 3.91. The zero-order chi connectivity index (χ0) is 20.9. The molecule has 6 heteroatoms. The van der Waals surface area contributed by atoms with Crippen LogP contribution in [0.2, 0.25) is 5.02 Å². The van der Waals surface area contributed by atoms with Crippen LogP contribution in [-0.4, -0.2) is 62.1 Å². The van der Waals surface area contributed by atoms with Gasteiger partial charge in [0.2, 0.25) is 5.91 Å². The van der Waals surface area contributed by atoms with E-state index in [1.54, 1.807) is 7.11 Å². The van der Waals surface area contributed by atoms with Crippen molar-refractivity contribution in [2.75, 3.05) is 51.3 Å². The molecule has 0 radical (unpaired) electrons. The third-order valence-electron chi connectivity index (χ3n) is 6.32. The fraction of sp³-hybridized carbons (Fsp3) is 0.458. The minimum Gasteiger partial charge on any atom is -0.497 e. The Morgan fingerprint density at radius 3 is 2.27 bits per heavy atom. The molecule has 0 aliphatic carbocycles. The van der Waals surface area contributed by atoms with Gasteiger partial charge in [-0.15, -0.1) is 0 Å². The van der Waals surface area contributed by atoms with Crippen molar-refractivity contribution in [2.24, 2.45) is 5.92 Å². The molecule has 2 aliphatic rings. The Morgan fingerprint density at radius 2 is 1.63 bits per heavy atom. The van der Waals surface area contributed by atoms with Gasteiger partial charge >= 0.3 is 0 Å². The van der Waals surface area contributed by atoms with E-state index in [-0.39, 0.29) is 5.92 Å². The summed E-state index contributed by atoms with van der Waals surface area (Å²) in [6.07, 6.45) is 1.87. The fourth-order valence-electron chi connectivity index (χ4n) is 4.44. The molecule has 2 fully saturated rings. The van der Waals surface area contributed by atoms with Crippen LogP contribution in [0.4, 0.5) is 5.69 Å². The first kappa shape index (κ1) is 21.0. The van der Waals surface area contributed by atoms with Crippen LogP contribution in [0.1, 0.15) is 18.4 Å². The molecule has 0 spiro atoms. The summed E-state index contributed by atoms with van der Waals surface area (Å²) in [6.45, 7) is 6.12. The molecule has 160 valence electrons. The van der Waals surface area contributed by atoms with Gasteiger partial charge in [0.1, 0.15) is 5.75 Å². The number of anilines is 1. The number of amides is 1. The first-order chi connectivity index (χ1) is 14.6. The van der Waals surface area contributed by atoms with Crippen molar-refractivity contribution in [2.45, 2.75) is 19.4 Å². The Kier molecular flexibility index (Phi) is 6.80. The first-order valence-electron chi connectivity index (χ1n) is 10.8. The van der Waals surface area contributed by atoms with Crippen LogP contribution in [0.25, 0.3) is 0 Å². The minimum absolute atomic E-state index is 0.153. The highest BCUT2D eigenvalue weighted by atomic mass is 35.5. The van der Waals surface area contributed by atoms with Gasteiger partial charge in [-0.2, -0.15) is 0 Å². The maximum atomic E-state index is 13.1. The molecule has 2 aromatic carbocycles. The number of rotatable bonds is 5. The Bertz CT molecular complexity index is 842. The molecule has 2 aromatic rings. The second kappa shape index (κ2) is 9.71. The zero-order valence-electron chi connectivity index (χ0n) is 17.6. The summed E-state index contributed by atoms with van der Waals surface area (Å²) in [4.78, 5) is 19.9. The molecule has 2 heterocycles. The van der Waals surface area contributed by atoms with Gasteiger partial charge in [-0.1, -0.05) is 29.8 Å². The van der Waals surface area contributed by atoms with Gasteiger partial charge in [0, 0.05) is 49.4 Å². The number of carbonyl (C=O) groups is 1. The van der Waals surface area contributed by atoms with Crippen molar-refractivity contribution in [3.05, 3.63) is 59.1 Å². The molecule has 0 N–H and O–H groups in total. The quantitative estimate of drug-likeness (QED) is 0.724. The van der Waals surface area contributed by atoms with E-state index in [1.165, 1.54) is 11.3 Å². The van der Waals surface area contributed by atoms with Crippen molar-refractivity contribution in [3.63, 3.8) is 0 Å². The number of carbonyl (C=O) groups excluding carboxylic acids is 1. The minimum atomic E-state index is 0.153. The number of ether oxygens (including phenoxy) is 1. The van der Waals surface area contributed by atoms with Gasteiger partial charge in [-0.05, 0) is 61.8 Å². The van der Waals surface area contributed by atoms with Crippen molar-refractivity contribution >= 4 is 23.2 Å². The number of piperidine rings is 1. The highest BCUT2D eigenvalue weighted by Gasteiger charge is 2.30. The number of hydrogen-bond acceptors (Lipinski definition) is 4. The van der Waals surface area contributed by atoms with E-state index < -0.39 is 0 Å². The van der Waals surface area contributed by atoms with E-state index in [4.69, 9.17) is 16.3 Å². The highest BCUT2D eigenvalue weighted by molar-refractivity contribution is 6.31. The number of hydrogen-bond donors (Lipinski definition) is 0. The summed E-state index contributed by atoms with van der Waals surface area (Å²) in [7, 11) is 1.68. The van der Waals surface area contributed by atoms with Gasteiger partial charge in [-0.3, -0.25) is 9.69 Å². The van der Waals surface area contributed by atoms with E-state index in [0.29, 0.717) is 5.91 Å². The molecule has 2 saturated heterocycles. The van der Waals surface area contributed by atoms with E-state index >= 15 is 0 Å². The summed E-state index contributed by atoms with van der Waals surface area (Å²) in [5.41, 5.74) is 2.36. The molecule has 4 rings (SSSR count). The van der Waals surface area contributed by atoms with Gasteiger partial charge in [0.05, 0.1) is 7.11 Å². The summed E-state index contributed by atoms with van der Waals surface area (Å²) in [5.74, 6) is 1.36. The number of halogens is 1. The lowest BCUT2D eigenvalue weighted by Crippen LogP contribution is -2.51. The van der Waals surface area contributed by atoms with E-state index in [9.17, 15) is 4.79 Å². The fourth-order valence-corrected chi connectivity index (χ4v) is 4.64. The Hall–Kier alpha value is -2.24. The predicted molar refractivity (Wildman–Crippen MR) is 121 cm³/mol. The molecule has 0 aromatic heterocycles. The van der Waals surface area contributed by atoms with Crippen LogP contribution < -0.4 is 9.64 Å². The number of likely N-dealkylation sites (tertiary alicyclic amines) is 1. The van der Waals surface area contributed by atoms with E-state index in [0.717, 1.165) is 69.4 Å². The number of benzene rings is 2. The SMILES string of the molecule is COc1ccc(N2CCN(C(=O)C3CCN(Cc4ccccc4Cl)CC3)CC2)cc1. The smallest absolute Gasteiger partial charge is 0.225 e. The second-order valence-corrected chi connectivity index (χ2v) is 8.56. The monoisotopic (exact) mass is 427 g/mol. The molecule has 30 heavy (non-hydrogen) atoms. The number of methoxy groups -OCH3 is 1. The lowest BCUT2D eigenvalue weighted by atomic mass is 9.94. The molecular formula is C24H30ClN3O2. The van der Waals surface area contributed by atoms with Gasteiger partial charge in [0.25, 0.3) is 0 Å². The van der Waals surface area contributed by atoms with Crippen molar-refractivity contribution < 1.29 is 9.53 Å². The normalized spacial score (nSPS) is 18.5. The topological polar surface area (TPSA) is 36.0 Å². The summed E-state index contributed by atoms with van der Waals surface area (Å²) in [6, 6.07) is 16.2. The average Bonchev–Trinajstić information content (AvgIpc) is 2.81. The third-order valence-corrected chi connectivity index (χ3v) is 6.69. The standard InChI is InChI=1S/C24H30ClN3O2/c1-30-22-8-6-21(7-9-22)27-14-16-28(17-15-27)24(29)19-10-12-26(13-11-19)18-20-4-2-3-5-23(20)25/h2-9,19H,10-18H2,1H3. The maximum Gasteiger partial charge on any atom is 0.225 e. The van der Waals surface area contributed by atoms with Crippen LogP contribution in [0, 0.1) is 5.92 Å². The summed E-state index contributed by atoms with van der Waals surface area (Å²) >= 11 is 6.30. The Balaban J connectivity index is 1.24. The summed E-state index contributed by atoms with van der Waals surface area (Å²) in [5, 5.41) is 0.824. The van der Waals surface area contributed by atoms with Crippen LogP contribution in [-0.2, 0) is 11.3 Å². The summed E-state index contributed by atoms with van der Waals surface area (Å²) < 4.78 is 5.24. The zero-order valence-corrected chi connectivity index (χ0v) is 18.4. The van der Waals surface area contributed by atoms with Crippen molar-refractivity contribution in [1.29, 1.82) is 0 Å². The van der Waals surface area contributed by atoms with Crippen LogP contribution in [0.15, 0.2) is 48.5 Å². The van der Waals surface area contributed by atoms with E-state index in [1.807, 2.05) is 30.3 Å². The first-order valence-corrected chi connectivity index (χ1v) is 11.2. The lowest BCUT2D eigenvalue weighted by Gasteiger charge is -2.39. The van der Waals surface area contributed by atoms with Crippen molar-refractivity contribution in [3.8, 4) is 5.75 Å². The maximum absolute atomic E-state index is 13.1. The molecule has 1 amide bonds. The molecule has 0 atom stereocenters. The van der Waals surface area contributed by atoms with Gasteiger partial charge < -0.3 is 14.5 Å². The molecule has 0 unspecified atom stereocenters. The molecule has 2 aliphatic heterocycles. The van der Waals surface area contributed by atoms with Crippen LogP contribution in [0.3, 0.4) is 0 Å². The largest absolute Gasteiger partial charge is 0.497 e. The molecular weight excluding hydrogens is 398 g/mol. The molecule has 5 nitrogen and oxygen atoms in total. The number of piperazine rings is 1. The number of nitrogens with zero attached hydrogens (tertiary/aromatic N) is 3. The molecule has 0 bridgehead atoms. The molecule has 0 saturated carbocycles. The van der Waals surface area contributed by atoms with Crippen molar-refractivity contribution in [1.82, 2.24) is 9.80 Å². The second-order valence-electron chi connectivity index (χ2n) is 8.15. The van der Waals surface area contributed by atoms with Gasteiger partial charge in [0.15, 0.2) is 0 Å². The lowest BCUT2D eigenvalue weighted by molar-refractivity contribution is -0.137. The third kappa shape index (κ3) is 4.90. The Labute approximate surface area is 184 Å². The highest BCUT2D eigenvalue weighted by Crippen LogP contribution is 2.25. The van der Waals surface area contributed by atoms with Gasteiger partial charge in [-0.25, -0.2) is 0 Å². The average molecular weight is 428 g/mol. The van der Waals surface area contributed by atoms with E-state index in [2.05, 4.69) is 32.9 Å². The van der Waals surface area contributed by atoms with Crippen LogP contribution >= 0.6 is 11.6 Å². The van der Waals surface area contributed by atoms with Crippen LogP contribution in [0.5, 0.6) is 5.75 Å². The Morgan fingerprint density at radius 1 is 0.967 bits per heavy atom.